The summed E-state index contributed by atoms with van der Waals surface area (Å²) in [5, 5.41) is -1.04. The Morgan fingerprint density at radius 1 is 0.962 bits per heavy atom. The van der Waals surface area contributed by atoms with Crippen molar-refractivity contribution >= 4 is 50.2 Å². The van der Waals surface area contributed by atoms with E-state index in [1.807, 2.05) is 0 Å². The third kappa shape index (κ3) is 4.01. The minimum absolute atomic E-state index is 0.0381. The quantitative estimate of drug-likeness (QED) is 0.466. The molecule has 7 heteroatoms. The summed E-state index contributed by atoms with van der Waals surface area (Å²) in [7, 11) is -3.89. The van der Waals surface area contributed by atoms with Crippen molar-refractivity contribution in [2.45, 2.75) is 16.6 Å². The van der Waals surface area contributed by atoms with Crippen molar-refractivity contribution < 1.29 is 13.2 Å². The van der Waals surface area contributed by atoms with Crippen molar-refractivity contribution in [2.75, 3.05) is 0 Å². The van der Waals surface area contributed by atoms with Crippen LogP contribution >= 0.6 is 34.5 Å². The molecule has 0 saturated carbocycles. The van der Waals surface area contributed by atoms with Crippen molar-refractivity contribution in [3.05, 3.63) is 86.5 Å². The third-order valence-corrected chi connectivity index (χ3v) is 7.80. The number of hydrogen-bond acceptors (Lipinski definition) is 4. The summed E-state index contributed by atoms with van der Waals surface area (Å²) < 4.78 is 26.9. The smallest absolute Gasteiger partial charge is 0.188 e. The normalized spacial score (nSPS) is 12.7. The number of benzene rings is 2. The number of carbonyl (C=O) groups is 1. The average molecular weight is 425 g/mol. The van der Waals surface area contributed by atoms with E-state index in [0.29, 0.717) is 11.1 Å². The van der Waals surface area contributed by atoms with Crippen LogP contribution in [0.15, 0.2) is 71.6 Å². The Bertz CT molecular complexity index is 1010. The average Bonchev–Trinajstić information content (AvgIpc) is 3.00. The van der Waals surface area contributed by atoms with Crippen LogP contribution in [0.1, 0.15) is 27.6 Å². The highest BCUT2D eigenvalue weighted by atomic mass is 35.5. The Hall–Kier alpha value is -1.66. The van der Waals surface area contributed by atoms with Gasteiger partial charge in [0, 0.05) is 12.0 Å². The second-order valence-corrected chi connectivity index (χ2v) is 10.0. The largest absolute Gasteiger partial charge is 0.294 e. The van der Waals surface area contributed by atoms with Crippen LogP contribution in [-0.4, -0.2) is 14.2 Å². The highest BCUT2D eigenvalue weighted by Crippen LogP contribution is 2.41. The highest BCUT2D eigenvalue weighted by Gasteiger charge is 2.34. The molecule has 134 valence electrons. The van der Waals surface area contributed by atoms with Gasteiger partial charge in [-0.25, -0.2) is 8.42 Å². The van der Waals surface area contributed by atoms with Gasteiger partial charge in [-0.1, -0.05) is 83.9 Å². The van der Waals surface area contributed by atoms with Crippen molar-refractivity contribution in [3.8, 4) is 0 Å². The van der Waals surface area contributed by atoms with Gasteiger partial charge in [0.05, 0.1) is 14.5 Å². The number of thiophene rings is 1. The monoisotopic (exact) mass is 424 g/mol. The van der Waals surface area contributed by atoms with Crippen molar-refractivity contribution in [2.24, 2.45) is 0 Å². The Morgan fingerprint density at radius 3 is 2.08 bits per heavy atom. The van der Waals surface area contributed by atoms with Gasteiger partial charge in [-0.05, 0) is 11.6 Å². The van der Waals surface area contributed by atoms with Gasteiger partial charge in [0.2, 0.25) is 0 Å². The van der Waals surface area contributed by atoms with E-state index in [-0.39, 0.29) is 25.8 Å². The maximum Gasteiger partial charge on any atom is 0.188 e. The first-order valence-electron chi connectivity index (χ1n) is 7.71. The third-order valence-electron chi connectivity index (χ3n) is 3.94. The van der Waals surface area contributed by atoms with Crippen molar-refractivity contribution in [1.29, 1.82) is 0 Å². The van der Waals surface area contributed by atoms with Gasteiger partial charge in [0.15, 0.2) is 15.6 Å². The van der Waals surface area contributed by atoms with Crippen LogP contribution < -0.4 is 0 Å². The van der Waals surface area contributed by atoms with Gasteiger partial charge in [0.1, 0.15) is 4.34 Å². The van der Waals surface area contributed by atoms with E-state index >= 15 is 0 Å². The van der Waals surface area contributed by atoms with Crippen LogP contribution in [0.5, 0.6) is 0 Å². The molecule has 1 heterocycles. The topological polar surface area (TPSA) is 51.2 Å². The lowest BCUT2D eigenvalue weighted by atomic mass is 10.0. The number of rotatable bonds is 6. The van der Waals surface area contributed by atoms with Gasteiger partial charge in [-0.3, -0.25) is 4.79 Å². The highest BCUT2D eigenvalue weighted by molar-refractivity contribution is 7.92. The van der Waals surface area contributed by atoms with Gasteiger partial charge < -0.3 is 0 Å². The SMILES string of the molecule is O=C(C[C@H](c1ccccc1)S(=O)(=O)c1cc(Cl)sc1Cl)c1ccccc1. The second kappa shape index (κ2) is 7.92. The van der Waals surface area contributed by atoms with Crippen LogP contribution in [-0.2, 0) is 9.84 Å². The van der Waals surface area contributed by atoms with E-state index in [1.165, 1.54) is 6.07 Å². The zero-order chi connectivity index (χ0) is 18.7. The van der Waals surface area contributed by atoms with Crippen LogP contribution in [0.4, 0.5) is 0 Å². The summed E-state index contributed by atoms with van der Waals surface area (Å²) in [5.74, 6) is -0.250. The fraction of sp³-hybridized carbons (Fsp3) is 0.105. The molecule has 1 atom stereocenters. The van der Waals surface area contributed by atoms with E-state index in [9.17, 15) is 13.2 Å². The Morgan fingerprint density at radius 2 is 1.54 bits per heavy atom. The van der Waals surface area contributed by atoms with Gasteiger partial charge in [-0.15, -0.1) is 11.3 Å². The molecule has 2 aromatic carbocycles. The summed E-state index contributed by atoms with van der Waals surface area (Å²) in [5.41, 5.74) is 1.01. The first-order chi connectivity index (χ1) is 12.4. The van der Waals surface area contributed by atoms with E-state index < -0.39 is 15.1 Å². The number of sulfone groups is 1. The number of Topliss-reactive ketones (excluding diaryl/α,β-unsaturated/α-hetero) is 1. The molecule has 0 aliphatic heterocycles. The minimum Gasteiger partial charge on any atom is -0.294 e. The maximum absolute atomic E-state index is 13.2. The molecule has 0 unspecified atom stereocenters. The summed E-state index contributed by atoms with van der Waals surface area (Å²) in [6, 6.07) is 18.6. The molecule has 0 fully saturated rings. The molecule has 0 aliphatic carbocycles. The minimum atomic E-state index is -3.89. The number of ketones is 1. The van der Waals surface area contributed by atoms with Crippen molar-refractivity contribution in [3.63, 3.8) is 0 Å². The number of carbonyl (C=O) groups excluding carboxylic acids is 1. The first-order valence-corrected chi connectivity index (χ1v) is 10.8. The van der Waals surface area contributed by atoms with Crippen LogP contribution in [0.25, 0.3) is 0 Å². The molecule has 26 heavy (non-hydrogen) atoms. The van der Waals surface area contributed by atoms with Crippen LogP contribution in [0.3, 0.4) is 0 Å². The lowest BCUT2D eigenvalue weighted by molar-refractivity contribution is 0.0980. The lowest BCUT2D eigenvalue weighted by Crippen LogP contribution is -2.18. The molecule has 3 rings (SSSR count). The van der Waals surface area contributed by atoms with Crippen molar-refractivity contribution in [1.82, 2.24) is 0 Å². The molecule has 3 nitrogen and oxygen atoms in total. The Labute approximate surface area is 166 Å². The molecule has 1 aromatic heterocycles. The lowest BCUT2D eigenvalue weighted by Gasteiger charge is -2.17. The summed E-state index contributed by atoms with van der Waals surface area (Å²) in [6.07, 6.45) is -0.180. The molecule has 3 aromatic rings. The molecular weight excluding hydrogens is 411 g/mol. The van der Waals surface area contributed by atoms with Gasteiger partial charge in [-0.2, -0.15) is 0 Å². The van der Waals surface area contributed by atoms with Crippen LogP contribution in [0.2, 0.25) is 8.67 Å². The number of hydrogen-bond donors (Lipinski definition) is 0. The molecule has 0 radical (unpaired) electrons. The van der Waals surface area contributed by atoms with E-state index in [4.69, 9.17) is 23.2 Å². The summed E-state index contributed by atoms with van der Waals surface area (Å²) >= 11 is 13.0. The molecule has 0 amide bonds. The predicted octanol–water partition coefficient (Wildman–Crippen LogP) is 5.84. The first kappa shape index (κ1) is 19.1. The maximum atomic E-state index is 13.2. The van der Waals surface area contributed by atoms with E-state index in [1.54, 1.807) is 60.7 Å². The summed E-state index contributed by atoms with van der Waals surface area (Å²) in [4.78, 5) is 12.6. The molecule has 0 N–H and O–H groups in total. The van der Waals surface area contributed by atoms with E-state index in [0.717, 1.165) is 11.3 Å². The standard InChI is InChI=1S/C19H14Cl2O3S2/c20-18-12-17(19(21)25-18)26(23,24)16(14-9-5-2-6-10-14)11-15(22)13-7-3-1-4-8-13/h1-10,12,16H,11H2/t16-/m1/s1. The molecular formula is C19H14Cl2O3S2. The molecule has 0 bridgehead atoms. The summed E-state index contributed by atoms with van der Waals surface area (Å²) in [6.45, 7) is 0. The molecule has 0 spiro atoms. The fourth-order valence-electron chi connectivity index (χ4n) is 2.66. The van der Waals surface area contributed by atoms with E-state index in [2.05, 4.69) is 0 Å². The second-order valence-electron chi connectivity index (χ2n) is 5.63. The fourth-order valence-corrected chi connectivity index (χ4v) is 6.56. The Kier molecular flexibility index (Phi) is 5.82. The van der Waals surface area contributed by atoms with Gasteiger partial charge in [0.25, 0.3) is 0 Å². The zero-order valence-electron chi connectivity index (χ0n) is 13.4. The molecule has 0 saturated heterocycles. The van der Waals surface area contributed by atoms with Crippen LogP contribution in [0, 0.1) is 0 Å². The molecule has 0 aliphatic rings. The predicted molar refractivity (Wildman–Crippen MR) is 106 cm³/mol. The Balaban J connectivity index is 2.04. The zero-order valence-corrected chi connectivity index (χ0v) is 16.6. The number of halogens is 2. The van der Waals surface area contributed by atoms with Gasteiger partial charge >= 0.3 is 0 Å².